The maximum absolute atomic E-state index is 12.3. The average molecular weight is 510 g/mol. The van der Waals surface area contributed by atoms with Crippen molar-refractivity contribution in [1.29, 1.82) is 0 Å². The summed E-state index contributed by atoms with van der Waals surface area (Å²) in [6.45, 7) is 0.720. The van der Waals surface area contributed by atoms with E-state index in [4.69, 9.17) is 38.6 Å². The fourth-order valence-electron chi connectivity index (χ4n) is 2.31. The van der Waals surface area contributed by atoms with Crippen molar-refractivity contribution in [3.8, 4) is 0 Å². The lowest BCUT2D eigenvalue weighted by atomic mass is 10.1. The van der Waals surface area contributed by atoms with Crippen LogP contribution >= 0.6 is 0 Å². The Balaban J connectivity index is 2.59. The first-order valence-corrected chi connectivity index (χ1v) is 11.7. The van der Waals surface area contributed by atoms with Gasteiger partial charge in [0.05, 0.1) is 82.1 Å². The minimum Gasteiger partial charge on any atom is -0.744 e. The topological polar surface area (TPSA) is 187 Å². The molecule has 0 aliphatic carbocycles. The van der Waals surface area contributed by atoms with E-state index in [1.165, 1.54) is 0 Å². The van der Waals surface area contributed by atoms with Gasteiger partial charge in [-0.1, -0.05) is 0 Å². The van der Waals surface area contributed by atoms with Crippen LogP contribution < -0.4 is 0 Å². The van der Waals surface area contributed by atoms with E-state index in [-0.39, 0.29) is 90.4 Å². The second-order valence-corrected chi connectivity index (χ2v) is 7.75. The lowest BCUT2D eigenvalue weighted by Crippen LogP contribution is -2.16. The van der Waals surface area contributed by atoms with Gasteiger partial charge < -0.3 is 43.2 Å². The van der Waals surface area contributed by atoms with Crippen LogP contribution in [-0.4, -0.2) is 114 Å². The molecule has 0 fully saturated rings. The molecule has 0 heterocycles. The zero-order valence-corrected chi connectivity index (χ0v) is 19.3. The highest BCUT2D eigenvalue weighted by atomic mass is 32.2. The van der Waals surface area contributed by atoms with E-state index in [9.17, 15) is 22.6 Å². The predicted molar refractivity (Wildman–Crippen MR) is 112 cm³/mol. The highest BCUT2D eigenvalue weighted by Gasteiger charge is 2.17. The monoisotopic (exact) mass is 509 g/mol. The molecule has 2 N–H and O–H groups in total. The summed E-state index contributed by atoms with van der Waals surface area (Å²) >= 11 is 0. The molecule has 0 unspecified atom stereocenters. The van der Waals surface area contributed by atoms with Crippen molar-refractivity contribution >= 4 is 22.1 Å². The Morgan fingerprint density at radius 3 is 1.35 bits per heavy atom. The molecule has 0 amide bonds. The third kappa shape index (κ3) is 12.9. The first-order valence-electron chi connectivity index (χ1n) is 10.3. The van der Waals surface area contributed by atoms with Crippen molar-refractivity contribution in [2.24, 2.45) is 0 Å². The largest absolute Gasteiger partial charge is 0.744 e. The van der Waals surface area contributed by atoms with E-state index >= 15 is 0 Å². The summed E-state index contributed by atoms with van der Waals surface area (Å²) in [6.07, 6.45) is 0. The second kappa shape index (κ2) is 17.3. The van der Waals surface area contributed by atoms with Gasteiger partial charge in [-0.25, -0.2) is 18.0 Å². The summed E-state index contributed by atoms with van der Waals surface area (Å²) in [6, 6.07) is 2.66. The third-order valence-electron chi connectivity index (χ3n) is 3.80. The van der Waals surface area contributed by atoms with Gasteiger partial charge in [0.2, 0.25) is 0 Å². The van der Waals surface area contributed by atoms with E-state index < -0.39 is 27.0 Å². The summed E-state index contributed by atoms with van der Waals surface area (Å²) in [5.41, 5.74) is -0.653. The number of hydrogen-bond donors (Lipinski definition) is 2. The fourth-order valence-corrected chi connectivity index (χ4v) is 2.85. The molecular weight excluding hydrogens is 480 g/mol. The summed E-state index contributed by atoms with van der Waals surface area (Å²) in [5, 5.41) is 17.1. The molecule has 194 valence electrons. The van der Waals surface area contributed by atoms with Crippen LogP contribution in [-0.2, 0) is 38.5 Å². The number of carbonyl (C=O) groups is 2. The van der Waals surface area contributed by atoms with Gasteiger partial charge in [0.15, 0.2) is 0 Å². The molecule has 14 heteroatoms. The zero-order chi connectivity index (χ0) is 25.2. The van der Waals surface area contributed by atoms with Gasteiger partial charge in [-0.05, 0) is 18.2 Å². The molecule has 0 spiro atoms. The summed E-state index contributed by atoms with van der Waals surface area (Å²) in [5.74, 6) is -1.93. The molecule has 0 aromatic heterocycles. The van der Waals surface area contributed by atoms with Crippen molar-refractivity contribution < 1.29 is 61.2 Å². The summed E-state index contributed by atoms with van der Waals surface area (Å²) in [4.78, 5) is 23.7. The van der Waals surface area contributed by atoms with E-state index in [0.29, 0.717) is 0 Å². The quantitative estimate of drug-likeness (QED) is 0.131. The SMILES string of the molecule is O=C(OCCOCCOCCO)c1cc(C(=O)OCCOCCOCCO)cc(S(=O)(=O)[O-])c1. The standard InChI is InChI=1S/C20H30O13S/c21-1-3-28-5-7-30-9-11-32-19(23)16-13-17(15-18(14-16)34(25,26)27)20(24)33-12-10-31-8-6-29-4-2-22/h13-15,21-22H,1-12H2,(H,25,26,27)/p-1. The molecule has 0 radical (unpaired) electrons. The normalized spacial score (nSPS) is 11.4. The molecule has 0 aliphatic rings. The lowest BCUT2D eigenvalue weighted by molar-refractivity contribution is 0.00894. The maximum Gasteiger partial charge on any atom is 0.338 e. The van der Waals surface area contributed by atoms with Crippen molar-refractivity contribution in [2.75, 3.05) is 79.3 Å². The highest BCUT2D eigenvalue weighted by molar-refractivity contribution is 7.85. The lowest BCUT2D eigenvalue weighted by Gasteiger charge is -2.12. The molecule has 1 aromatic carbocycles. The van der Waals surface area contributed by atoms with Gasteiger partial charge in [0, 0.05) is 0 Å². The second-order valence-electron chi connectivity index (χ2n) is 6.37. The minimum absolute atomic E-state index is 0.0215. The molecule has 1 aromatic rings. The van der Waals surface area contributed by atoms with E-state index in [2.05, 4.69) is 0 Å². The Morgan fingerprint density at radius 1 is 0.647 bits per heavy atom. The minimum atomic E-state index is -4.97. The molecule has 1 rings (SSSR count). The van der Waals surface area contributed by atoms with E-state index in [1.54, 1.807) is 0 Å². The molecule has 0 atom stereocenters. The number of aliphatic hydroxyl groups excluding tert-OH is 2. The zero-order valence-electron chi connectivity index (χ0n) is 18.5. The Bertz CT molecular complexity index is 791. The van der Waals surface area contributed by atoms with Gasteiger partial charge in [0.1, 0.15) is 23.3 Å². The van der Waals surface area contributed by atoms with Crippen LogP contribution in [0.3, 0.4) is 0 Å². The number of esters is 2. The predicted octanol–water partition coefficient (Wildman–Crippen LogP) is -1.04. The highest BCUT2D eigenvalue weighted by Crippen LogP contribution is 2.17. The first-order chi connectivity index (χ1) is 16.3. The molecular formula is C20H29O13S-. The van der Waals surface area contributed by atoms with Crippen LogP contribution in [0.1, 0.15) is 20.7 Å². The van der Waals surface area contributed by atoms with Gasteiger partial charge in [0.25, 0.3) is 0 Å². The first kappa shape index (κ1) is 29.9. The third-order valence-corrected chi connectivity index (χ3v) is 4.62. The Labute approximate surface area is 197 Å². The molecule has 0 saturated heterocycles. The van der Waals surface area contributed by atoms with Gasteiger partial charge >= 0.3 is 11.9 Å². The number of carbonyl (C=O) groups excluding carboxylic acids is 2. The van der Waals surface area contributed by atoms with Gasteiger partial charge in [-0.15, -0.1) is 0 Å². The molecule has 0 bridgehead atoms. The van der Waals surface area contributed by atoms with Gasteiger partial charge in [-0.3, -0.25) is 0 Å². The molecule has 34 heavy (non-hydrogen) atoms. The van der Waals surface area contributed by atoms with Crippen LogP contribution in [0.25, 0.3) is 0 Å². The van der Waals surface area contributed by atoms with Crippen LogP contribution in [0, 0.1) is 0 Å². The molecule has 0 saturated carbocycles. The number of benzene rings is 1. The Hall–Kier alpha value is -2.17. The smallest absolute Gasteiger partial charge is 0.338 e. The van der Waals surface area contributed by atoms with Crippen molar-refractivity contribution in [3.05, 3.63) is 29.3 Å². The Morgan fingerprint density at radius 2 is 1.00 bits per heavy atom. The Kier molecular flexibility index (Phi) is 15.2. The van der Waals surface area contributed by atoms with Crippen molar-refractivity contribution in [1.82, 2.24) is 0 Å². The molecule has 0 aliphatic heterocycles. The van der Waals surface area contributed by atoms with E-state index in [1.807, 2.05) is 0 Å². The van der Waals surface area contributed by atoms with Crippen LogP contribution in [0.4, 0.5) is 0 Å². The van der Waals surface area contributed by atoms with Crippen molar-refractivity contribution in [3.63, 3.8) is 0 Å². The number of ether oxygens (including phenoxy) is 6. The fraction of sp³-hybridized carbons (Fsp3) is 0.600. The number of aliphatic hydroxyl groups is 2. The van der Waals surface area contributed by atoms with E-state index in [0.717, 1.165) is 18.2 Å². The summed E-state index contributed by atoms with van der Waals surface area (Å²) in [7, 11) is -4.97. The van der Waals surface area contributed by atoms with Gasteiger partial charge in [-0.2, -0.15) is 0 Å². The summed E-state index contributed by atoms with van der Waals surface area (Å²) < 4.78 is 64.6. The maximum atomic E-state index is 12.3. The van der Waals surface area contributed by atoms with Crippen LogP contribution in [0.15, 0.2) is 23.1 Å². The average Bonchev–Trinajstić information content (AvgIpc) is 2.81. The number of rotatable bonds is 19. The van der Waals surface area contributed by atoms with Crippen LogP contribution in [0.2, 0.25) is 0 Å². The molecule has 13 nitrogen and oxygen atoms in total. The van der Waals surface area contributed by atoms with Crippen LogP contribution in [0.5, 0.6) is 0 Å². The number of hydrogen-bond acceptors (Lipinski definition) is 13. The van der Waals surface area contributed by atoms with Crippen molar-refractivity contribution in [2.45, 2.75) is 4.90 Å².